The molecule has 0 atom stereocenters. The first-order chi connectivity index (χ1) is 16.0. The van der Waals surface area contributed by atoms with E-state index >= 15 is 0 Å². The van der Waals surface area contributed by atoms with E-state index in [4.69, 9.17) is 18.7 Å². The number of nitrogens with zero attached hydrogens (tertiary/aromatic N) is 2. The lowest BCUT2D eigenvalue weighted by atomic mass is 10.1. The number of amides is 1. The standard InChI is InChI=1S/C24H20FN3O5/c1-30-19-12-15(13-20(31-2)21(19)32-3)22-27-24(33-28-22)17-6-4-5-7-18(17)26-23(29)14-8-10-16(25)11-9-14/h4-13H,1-3H3,(H,26,29). The van der Waals surface area contributed by atoms with Gasteiger partial charge in [0, 0.05) is 11.1 Å². The second-order valence-electron chi connectivity index (χ2n) is 6.84. The molecule has 0 aliphatic heterocycles. The molecule has 0 aliphatic carbocycles. The van der Waals surface area contributed by atoms with Gasteiger partial charge in [-0.25, -0.2) is 4.39 Å². The highest BCUT2D eigenvalue weighted by atomic mass is 19.1. The van der Waals surface area contributed by atoms with Gasteiger partial charge < -0.3 is 24.1 Å². The molecule has 3 aromatic carbocycles. The van der Waals surface area contributed by atoms with Crippen molar-refractivity contribution >= 4 is 11.6 Å². The minimum absolute atomic E-state index is 0.203. The van der Waals surface area contributed by atoms with E-state index in [1.807, 2.05) is 0 Å². The van der Waals surface area contributed by atoms with E-state index in [2.05, 4.69) is 15.5 Å². The Bertz CT molecular complexity index is 1260. The van der Waals surface area contributed by atoms with Crippen LogP contribution in [0.15, 0.2) is 65.2 Å². The van der Waals surface area contributed by atoms with Gasteiger partial charge in [0.15, 0.2) is 11.5 Å². The van der Waals surface area contributed by atoms with Gasteiger partial charge in [0.25, 0.3) is 11.8 Å². The van der Waals surface area contributed by atoms with E-state index in [1.54, 1.807) is 36.4 Å². The molecule has 4 aromatic rings. The Labute approximate surface area is 188 Å². The summed E-state index contributed by atoms with van der Waals surface area (Å²) in [6.45, 7) is 0. The van der Waals surface area contributed by atoms with Crippen molar-refractivity contribution < 1.29 is 27.9 Å². The summed E-state index contributed by atoms with van der Waals surface area (Å²) in [5.41, 5.74) is 1.90. The molecule has 0 bridgehead atoms. The van der Waals surface area contributed by atoms with Crippen LogP contribution in [0.25, 0.3) is 22.8 Å². The molecule has 0 saturated carbocycles. The molecule has 0 radical (unpaired) electrons. The van der Waals surface area contributed by atoms with Crippen LogP contribution in [-0.2, 0) is 0 Å². The Balaban J connectivity index is 1.66. The Kier molecular flexibility index (Phi) is 6.21. The average molecular weight is 449 g/mol. The first-order valence-corrected chi connectivity index (χ1v) is 9.84. The minimum atomic E-state index is -0.419. The SMILES string of the molecule is COc1cc(-c2noc(-c3ccccc3NC(=O)c3ccc(F)cc3)n2)cc(OC)c1OC. The van der Waals surface area contributed by atoms with Crippen LogP contribution < -0.4 is 19.5 Å². The quantitative estimate of drug-likeness (QED) is 0.432. The van der Waals surface area contributed by atoms with Crippen molar-refractivity contribution in [2.75, 3.05) is 26.6 Å². The second-order valence-corrected chi connectivity index (χ2v) is 6.84. The average Bonchev–Trinajstić information content (AvgIpc) is 3.34. The number of methoxy groups -OCH3 is 3. The molecule has 1 amide bonds. The number of carbonyl (C=O) groups excluding carboxylic acids is 1. The van der Waals surface area contributed by atoms with Crippen molar-refractivity contribution in [3.8, 4) is 40.1 Å². The number of para-hydroxylation sites is 1. The van der Waals surface area contributed by atoms with Gasteiger partial charge in [-0.1, -0.05) is 17.3 Å². The molecule has 1 aromatic heterocycles. The predicted octanol–water partition coefficient (Wildman–Crippen LogP) is 4.82. The maximum atomic E-state index is 13.2. The van der Waals surface area contributed by atoms with Crippen molar-refractivity contribution in [2.24, 2.45) is 0 Å². The molecule has 0 fully saturated rings. The molecule has 0 unspecified atom stereocenters. The van der Waals surface area contributed by atoms with Crippen LogP contribution in [-0.4, -0.2) is 37.4 Å². The van der Waals surface area contributed by atoms with E-state index in [9.17, 15) is 9.18 Å². The van der Waals surface area contributed by atoms with Crippen LogP contribution in [0.3, 0.4) is 0 Å². The monoisotopic (exact) mass is 449 g/mol. The number of hydrogen-bond donors (Lipinski definition) is 1. The highest BCUT2D eigenvalue weighted by Gasteiger charge is 2.19. The minimum Gasteiger partial charge on any atom is -0.493 e. The number of halogens is 1. The zero-order chi connectivity index (χ0) is 23.4. The zero-order valence-electron chi connectivity index (χ0n) is 18.1. The van der Waals surface area contributed by atoms with Crippen molar-refractivity contribution in [2.45, 2.75) is 0 Å². The Morgan fingerprint density at radius 1 is 0.939 bits per heavy atom. The van der Waals surface area contributed by atoms with Crippen molar-refractivity contribution in [1.29, 1.82) is 0 Å². The summed E-state index contributed by atoms with van der Waals surface area (Å²) in [5, 5.41) is 6.86. The number of benzene rings is 3. The third-order valence-electron chi connectivity index (χ3n) is 4.86. The first-order valence-electron chi connectivity index (χ1n) is 9.84. The van der Waals surface area contributed by atoms with Crippen LogP contribution in [0.1, 0.15) is 10.4 Å². The summed E-state index contributed by atoms with van der Waals surface area (Å²) in [6.07, 6.45) is 0. The fraction of sp³-hybridized carbons (Fsp3) is 0.125. The lowest BCUT2D eigenvalue weighted by Crippen LogP contribution is -2.12. The third-order valence-corrected chi connectivity index (χ3v) is 4.86. The Morgan fingerprint density at radius 3 is 2.24 bits per heavy atom. The molecular formula is C24H20FN3O5. The van der Waals surface area contributed by atoms with Gasteiger partial charge in [-0.3, -0.25) is 4.79 Å². The zero-order valence-corrected chi connectivity index (χ0v) is 18.1. The number of carbonyl (C=O) groups is 1. The van der Waals surface area contributed by atoms with Gasteiger partial charge in [-0.2, -0.15) is 4.98 Å². The van der Waals surface area contributed by atoms with Crippen LogP contribution in [0.5, 0.6) is 17.2 Å². The summed E-state index contributed by atoms with van der Waals surface area (Å²) in [6, 6.07) is 15.7. The van der Waals surface area contributed by atoms with Crippen molar-refractivity contribution in [3.63, 3.8) is 0 Å². The van der Waals surface area contributed by atoms with Gasteiger partial charge in [0.1, 0.15) is 5.82 Å². The number of nitrogens with one attached hydrogen (secondary N) is 1. The molecule has 0 aliphatic rings. The summed E-state index contributed by atoms with van der Waals surface area (Å²) >= 11 is 0. The molecule has 8 nitrogen and oxygen atoms in total. The summed E-state index contributed by atoms with van der Waals surface area (Å²) in [5.74, 6) is 1.03. The number of anilines is 1. The fourth-order valence-electron chi connectivity index (χ4n) is 3.23. The molecule has 168 valence electrons. The van der Waals surface area contributed by atoms with E-state index < -0.39 is 11.7 Å². The van der Waals surface area contributed by atoms with E-state index in [1.165, 1.54) is 45.6 Å². The first kappa shape index (κ1) is 21.8. The number of aromatic nitrogens is 2. The molecular weight excluding hydrogens is 429 g/mol. The summed E-state index contributed by atoms with van der Waals surface area (Å²) < 4.78 is 34.7. The van der Waals surface area contributed by atoms with Crippen molar-refractivity contribution in [3.05, 3.63) is 72.0 Å². The van der Waals surface area contributed by atoms with E-state index in [0.717, 1.165) is 0 Å². The molecule has 9 heteroatoms. The lowest BCUT2D eigenvalue weighted by Gasteiger charge is -2.12. The van der Waals surface area contributed by atoms with Crippen LogP contribution in [0.4, 0.5) is 10.1 Å². The topological polar surface area (TPSA) is 95.7 Å². The fourth-order valence-corrected chi connectivity index (χ4v) is 3.23. The third kappa shape index (κ3) is 4.47. The smallest absolute Gasteiger partial charge is 0.260 e. The summed E-state index contributed by atoms with van der Waals surface area (Å²) in [4.78, 5) is 17.1. The predicted molar refractivity (Wildman–Crippen MR) is 119 cm³/mol. The highest BCUT2D eigenvalue weighted by Crippen LogP contribution is 2.41. The molecule has 0 spiro atoms. The highest BCUT2D eigenvalue weighted by molar-refractivity contribution is 6.06. The Morgan fingerprint density at radius 2 is 1.61 bits per heavy atom. The molecule has 1 heterocycles. The maximum Gasteiger partial charge on any atom is 0.260 e. The summed E-state index contributed by atoms with van der Waals surface area (Å²) in [7, 11) is 4.55. The van der Waals surface area contributed by atoms with Crippen LogP contribution in [0, 0.1) is 5.82 Å². The number of hydrogen-bond acceptors (Lipinski definition) is 7. The molecule has 1 N–H and O–H groups in total. The number of rotatable bonds is 7. The van der Waals surface area contributed by atoms with E-state index in [0.29, 0.717) is 45.5 Å². The van der Waals surface area contributed by atoms with Gasteiger partial charge in [-0.05, 0) is 48.5 Å². The van der Waals surface area contributed by atoms with Crippen molar-refractivity contribution in [1.82, 2.24) is 10.1 Å². The van der Waals surface area contributed by atoms with Gasteiger partial charge >= 0.3 is 0 Å². The Hall–Kier alpha value is -4.40. The lowest BCUT2D eigenvalue weighted by molar-refractivity contribution is 0.102. The van der Waals surface area contributed by atoms with E-state index in [-0.39, 0.29) is 5.89 Å². The number of ether oxygens (including phenoxy) is 3. The largest absolute Gasteiger partial charge is 0.493 e. The molecule has 33 heavy (non-hydrogen) atoms. The van der Waals surface area contributed by atoms with Crippen LogP contribution >= 0.6 is 0 Å². The molecule has 0 saturated heterocycles. The second kappa shape index (κ2) is 9.39. The van der Waals surface area contributed by atoms with Gasteiger partial charge in [-0.15, -0.1) is 0 Å². The van der Waals surface area contributed by atoms with Gasteiger partial charge in [0.2, 0.25) is 11.6 Å². The van der Waals surface area contributed by atoms with Gasteiger partial charge in [0.05, 0.1) is 32.6 Å². The van der Waals surface area contributed by atoms with Crippen LogP contribution in [0.2, 0.25) is 0 Å². The normalized spacial score (nSPS) is 10.5. The molecule has 4 rings (SSSR count). The maximum absolute atomic E-state index is 13.2.